The molecule has 1 amide bonds. The van der Waals surface area contributed by atoms with Crippen LogP contribution in [0.15, 0.2) is 18.2 Å². The minimum atomic E-state index is -0.204. The molecule has 4 heteroatoms. The number of hydrogen-bond donors (Lipinski definition) is 1. The Morgan fingerprint density at radius 3 is 2.60 bits per heavy atom. The predicted octanol–water partition coefficient (Wildman–Crippen LogP) is 2.37. The molecule has 3 nitrogen and oxygen atoms in total. The van der Waals surface area contributed by atoms with Crippen molar-refractivity contribution in [2.75, 3.05) is 11.2 Å². The fraction of sp³-hybridized carbons (Fsp3) is 0.273. The van der Waals surface area contributed by atoms with E-state index in [1.807, 2.05) is 13.0 Å². The summed E-state index contributed by atoms with van der Waals surface area (Å²) in [4.78, 5) is 22.5. The van der Waals surface area contributed by atoms with Crippen molar-refractivity contribution in [1.29, 1.82) is 0 Å². The third-order valence-corrected chi connectivity index (χ3v) is 2.23. The van der Waals surface area contributed by atoms with E-state index in [1.165, 1.54) is 6.92 Å². The van der Waals surface area contributed by atoms with Gasteiger partial charge in [-0.3, -0.25) is 9.59 Å². The Morgan fingerprint density at radius 2 is 2.07 bits per heavy atom. The van der Waals surface area contributed by atoms with E-state index in [1.54, 1.807) is 12.1 Å². The topological polar surface area (TPSA) is 46.2 Å². The first-order chi connectivity index (χ1) is 7.06. The summed E-state index contributed by atoms with van der Waals surface area (Å²) in [5.74, 6) is -0.472. The standard InChI is InChI=1S/C11H12ClNO2/c1-7-4-3-5-9(13-8(2)14)11(7)10(15)6-12/h3-5H,6H2,1-2H3,(H,13,14). The molecule has 0 aliphatic rings. The molecule has 0 saturated heterocycles. The van der Waals surface area contributed by atoms with Crippen LogP contribution < -0.4 is 5.32 Å². The molecule has 0 aromatic heterocycles. The maximum Gasteiger partial charge on any atom is 0.221 e. The van der Waals surface area contributed by atoms with Crippen LogP contribution in [-0.2, 0) is 4.79 Å². The average Bonchev–Trinajstić information content (AvgIpc) is 2.16. The van der Waals surface area contributed by atoms with E-state index in [2.05, 4.69) is 5.32 Å². The number of hydrogen-bond acceptors (Lipinski definition) is 2. The maximum absolute atomic E-state index is 11.6. The number of halogens is 1. The molecular weight excluding hydrogens is 214 g/mol. The number of benzene rings is 1. The van der Waals surface area contributed by atoms with E-state index in [0.717, 1.165) is 5.56 Å². The van der Waals surface area contributed by atoms with Crippen molar-refractivity contribution in [3.05, 3.63) is 29.3 Å². The molecule has 0 unspecified atom stereocenters. The van der Waals surface area contributed by atoms with E-state index in [-0.39, 0.29) is 17.6 Å². The molecule has 0 bridgehead atoms. The number of aryl methyl sites for hydroxylation is 1. The van der Waals surface area contributed by atoms with Crippen molar-refractivity contribution in [2.24, 2.45) is 0 Å². The quantitative estimate of drug-likeness (QED) is 0.634. The molecule has 0 fully saturated rings. The zero-order valence-electron chi connectivity index (χ0n) is 8.63. The summed E-state index contributed by atoms with van der Waals surface area (Å²) in [5, 5.41) is 2.61. The van der Waals surface area contributed by atoms with Gasteiger partial charge < -0.3 is 5.32 Å². The lowest BCUT2D eigenvalue weighted by Crippen LogP contribution is -2.13. The van der Waals surface area contributed by atoms with Crippen molar-refractivity contribution in [3.8, 4) is 0 Å². The summed E-state index contributed by atoms with van der Waals surface area (Å²) in [6, 6.07) is 5.28. The van der Waals surface area contributed by atoms with Crippen LogP contribution in [0.4, 0.5) is 5.69 Å². The van der Waals surface area contributed by atoms with Gasteiger partial charge in [0.1, 0.15) is 0 Å². The fourth-order valence-corrected chi connectivity index (χ4v) is 1.53. The highest BCUT2D eigenvalue weighted by Gasteiger charge is 2.13. The second-order valence-electron chi connectivity index (χ2n) is 3.24. The van der Waals surface area contributed by atoms with Crippen LogP contribution in [0.5, 0.6) is 0 Å². The van der Waals surface area contributed by atoms with E-state index in [9.17, 15) is 9.59 Å². The summed E-state index contributed by atoms with van der Waals surface area (Å²) in [6.07, 6.45) is 0. The first kappa shape index (κ1) is 11.7. The first-order valence-electron chi connectivity index (χ1n) is 4.52. The SMILES string of the molecule is CC(=O)Nc1cccc(C)c1C(=O)CCl. The Bertz CT molecular complexity index is 402. The van der Waals surface area contributed by atoms with Gasteiger partial charge in [-0.2, -0.15) is 0 Å². The minimum Gasteiger partial charge on any atom is -0.326 e. The summed E-state index contributed by atoms with van der Waals surface area (Å²) >= 11 is 5.50. The molecule has 80 valence electrons. The smallest absolute Gasteiger partial charge is 0.221 e. The van der Waals surface area contributed by atoms with Gasteiger partial charge in [0.05, 0.1) is 11.6 Å². The van der Waals surface area contributed by atoms with Gasteiger partial charge in [0.15, 0.2) is 5.78 Å². The summed E-state index contributed by atoms with van der Waals surface area (Å²) in [6.45, 7) is 3.21. The highest BCUT2D eigenvalue weighted by Crippen LogP contribution is 2.20. The Morgan fingerprint density at radius 1 is 1.40 bits per heavy atom. The highest BCUT2D eigenvalue weighted by atomic mass is 35.5. The van der Waals surface area contributed by atoms with Crippen LogP contribution in [0.3, 0.4) is 0 Å². The normalized spacial score (nSPS) is 9.80. The zero-order chi connectivity index (χ0) is 11.4. The van der Waals surface area contributed by atoms with Crippen molar-refractivity contribution < 1.29 is 9.59 Å². The van der Waals surface area contributed by atoms with Gasteiger partial charge in [0.25, 0.3) is 0 Å². The van der Waals surface area contributed by atoms with Gasteiger partial charge >= 0.3 is 0 Å². The summed E-state index contributed by atoms with van der Waals surface area (Å²) in [7, 11) is 0. The Balaban J connectivity index is 3.20. The van der Waals surface area contributed by atoms with Crippen LogP contribution >= 0.6 is 11.6 Å². The number of amides is 1. The second kappa shape index (κ2) is 4.94. The molecule has 15 heavy (non-hydrogen) atoms. The van der Waals surface area contributed by atoms with E-state index >= 15 is 0 Å². The minimum absolute atomic E-state index is 0.0859. The predicted molar refractivity (Wildman–Crippen MR) is 60.5 cm³/mol. The van der Waals surface area contributed by atoms with Crippen LogP contribution in [0.2, 0.25) is 0 Å². The number of carbonyl (C=O) groups is 2. The largest absolute Gasteiger partial charge is 0.326 e. The van der Waals surface area contributed by atoms with Gasteiger partial charge in [-0.15, -0.1) is 11.6 Å². The number of carbonyl (C=O) groups excluding carboxylic acids is 2. The third-order valence-electron chi connectivity index (χ3n) is 1.98. The number of Topliss-reactive ketones (excluding diaryl/α,β-unsaturated/α-hetero) is 1. The van der Waals surface area contributed by atoms with Crippen molar-refractivity contribution >= 4 is 29.0 Å². The van der Waals surface area contributed by atoms with E-state index < -0.39 is 0 Å². The third kappa shape index (κ3) is 2.80. The van der Waals surface area contributed by atoms with Crippen LogP contribution in [0.25, 0.3) is 0 Å². The Labute approximate surface area is 93.4 Å². The van der Waals surface area contributed by atoms with Crippen LogP contribution in [0, 0.1) is 6.92 Å². The van der Waals surface area contributed by atoms with Crippen LogP contribution in [0.1, 0.15) is 22.8 Å². The second-order valence-corrected chi connectivity index (χ2v) is 3.50. The number of nitrogens with one attached hydrogen (secondary N) is 1. The average molecular weight is 226 g/mol. The molecule has 1 aromatic carbocycles. The molecule has 0 heterocycles. The molecule has 0 radical (unpaired) electrons. The summed E-state index contributed by atoms with van der Waals surface area (Å²) in [5.41, 5.74) is 1.82. The molecule has 1 N–H and O–H groups in total. The monoisotopic (exact) mass is 225 g/mol. The first-order valence-corrected chi connectivity index (χ1v) is 5.06. The van der Waals surface area contributed by atoms with Crippen molar-refractivity contribution in [2.45, 2.75) is 13.8 Å². The molecule has 0 saturated carbocycles. The van der Waals surface area contributed by atoms with Gasteiger partial charge in [-0.25, -0.2) is 0 Å². The lowest BCUT2D eigenvalue weighted by molar-refractivity contribution is -0.114. The van der Waals surface area contributed by atoms with Crippen molar-refractivity contribution in [3.63, 3.8) is 0 Å². The zero-order valence-corrected chi connectivity index (χ0v) is 9.39. The molecular formula is C11H12ClNO2. The van der Waals surface area contributed by atoms with Crippen LogP contribution in [-0.4, -0.2) is 17.6 Å². The van der Waals surface area contributed by atoms with E-state index in [4.69, 9.17) is 11.6 Å². The van der Waals surface area contributed by atoms with E-state index in [0.29, 0.717) is 11.3 Å². The lowest BCUT2D eigenvalue weighted by atomic mass is 10.0. The molecule has 1 aromatic rings. The fourth-order valence-electron chi connectivity index (χ4n) is 1.40. The number of ketones is 1. The van der Waals surface area contributed by atoms with Gasteiger partial charge in [-0.05, 0) is 18.6 Å². The molecule has 1 rings (SSSR count). The number of anilines is 1. The Kier molecular flexibility index (Phi) is 3.86. The highest BCUT2D eigenvalue weighted by molar-refractivity contribution is 6.31. The summed E-state index contributed by atoms with van der Waals surface area (Å²) < 4.78 is 0. The Hall–Kier alpha value is -1.35. The number of alkyl halides is 1. The molecule has 0 spiro atoms. The molecule has 0 aliphatic heterocycles. The van der Waals surface area contributed by atoms with Gasteiger partial charge in [0.2, 0.25) is 5.91 Å². The number of rotatable bonds is 3. The molecule has 0 atom stereocenters. The van der Waals surface area contributed by atoms with Crippen molar-refractivity contribution in [1.82, 2.24) is 0 Å². The van der Waals surface area contributed by atoms with Gasteiger partial charge in [-0.1, -0.05) is 12.1 Å². The lowest BCUT2D eigenvalue weighted by Gasteiger charge is -2.10. The molecule has 0 aliphatic carbocycles. The maximum atomic E-state index is 11.6. The van der Waals surface area contributed by atoms with Gasteiger partial charge in [0, 0.05) is 12.5 Å².